The fraction of sp³-hybridized carbons (Fsp3) is 0.500. The minimum atomic E-state index is -0.836. The van der Waals surface area contributed by atoms with Crippen LogP contribution in [0.1, 0.15) is 31.4 Å². The number of likely N-dealkylation sites (N-methyl/N-ethyl adjacent to an activating group) is 1. The maximum atomic E-state index is 11.9. The normalized spacial score (nSPS) is 17.8. The van der Waals surface area contributed by atoms with Crippen molar-refractivity contribution in [2.75, 3.05) is 26.7 Å². The van der Waals surface area contributed by atoms with E-state index < -0.39 is 12.0 Å². The van der Waals surface area contributed by atoms with E-state index in [1.54, 1.807) is 13.1 Å². The molecule has 3 aromatic rings. The highest BCUT2D eigenvalue weighted by Gasteiger charge is 2.23. The molecular weight excluding hydrogens is 446 g/mol. The summed E-state index contributed by atoms with van der Waals surface area (Å²) >= 11 is 0. The molecule has 35 heavy (non-hydrogen) atoms. The van der Waals surface area contributed by atoms with E-state index >= 15 is 0 Å². The van der Waals surface area contributed by atoms with Gasteiger partial charge in [0.2, 0.25) is 0 Å². The van der Waals surface area contributed by atoms with E-state index in [4.69, 9.17) is 9.72 Å². The monoisotopic (exact) mass is 481 g/mol. The van der Waals surface area contributed by atoms with Crippen LogP contribution in [0.5, 0.6) is 0 Å². The first kappa shape index (κ1) is 25.1. The number of aromatic amines is 1. The highest BCUT2D eigenvalue weighted by molar-refractivity contribution is 5.81. The maximum Gasteiger partial charge on any atom is 0.320 e. The van der Waals surface area contributed by atoms with Gasteiger partial charge in [0, 0.05) is 37.0 Å². The molecule has 4 rings (SSSR count). The Balaban J connectivity index is 1.67. The van der Waals surface area contributed by atoms with Crippen LogP contribution >= 0.6 is 0 Å². The number of pyridine rings is 1. The number of imidazole rings is 1. The minimum absolute atomic E-state index is 0.0301. The average Bonchev–Trinajstić information content (AvgIpc) is 3.15. The molecule has 3 N–H and O–H groups in total. The van der Waals surface area contributed by atoms with Gasteiger partial charge in [-0.3, -0.25) is 9.59 Å². The zero-order valence-electron chi connectivity index (χ0n) is 20.9. The SMILES string of the molecule is Cc1cc(-c2nc3cc(CN[C@@H](CC(C)C)C(=O)O)ccc3n2CC2CN(C)CCO2)c[nH]c1=O. The molecule has 0 saturated carbocycles. The standard InChI is InChI=1S/C26H35N5O4/c1-16(2)9-22(26(33)34)27-12-18-5-6-23-21(11-18)29-24(19-10-17(3)25(32)28-13-19)31(23)15-20-14-30(4)7-8-35-20/h5-6,10-11,13,16,20,22,27H,7-9,12,14-15H2,1-4H3,(H,28,32)(H,33,34)/t20?,22-/m0/s1. The highest BCUT2D eigenvalue weighted by atomic mass is 16.5. The number of hydrogen-bond acceptors (Lipinski definition) is 6. The van der Waals surface area contributed by atoms with Crippen molar-refractivity contribution >= 4 is 17.0 Å². The molecule has 0 aliphatic carbocycles. The van der Waals surface area contributed by atoms with Crippen molar-refractivity contribution < 1.29 is 14.6 Å². The summed E-state index contributed by atoms with van der Waals surface area (Å²) in [4.78, 5) is 33.6. The Bertz CT molecular complexity index is 1250. The molecule has 0 amide bonds. The van der Waals surface area contributed by atoms with Gasteiger partial charge in [0.25, 0.3) is 5.56 Å². The number of carboxylic acids is 1. The summed E-state index contributed by atoms with van der Waals surface area (Å²) in [6.07, 6.45) is 2.30. The summed E-state index contributed by atoms with van der Waals surface area (Å²) in [5.41, 5.74) is 4.12. The largest absolute Gasteiger partial charge is 0.480 e. The van der Waals surface area contributed by atoms with E-state index in [2.05, 4.69) is 26.8 Å². The number of aliphatic carboxylic acids is 1. The van der Waals surface area contributed by atoms with Crippen LogP contribution in [0, 0.1) is 12.8 Å². The number of aryl methyl sites for hydroxylation is 1. The summed E-state index contributed by atoms with van der Waals surface area (Å²) in [5.74, 6) is 0.216. The van der Waals surface area contributed by atoms with Crippen molar-refractivity contribution in [3.05, 3.63) is 51.9 Å². The number of ether oxygens (including phenoxy) is 1. The molecule has 1 unspecified atom stereocenters. The second-order valence-corrected chi connectivity index (χ2v) is 9.93. The fourth-order valence-electron chi connectivity index (χ4n) is 4.58. The van der Waals surface area contributed by atoms with Gasteiger partial charge in [-0.15, -0.1) is 0 Å². The van der Waals surface area contributed by atoms with Gasteiger partial charge in [-0.1, -0.05) is 19.9 Å². The van der Waals surface area contributed by atoms with Crippen LogP contribution in [0.3, 0.4) is 0 Å². The quantitative estimate of drug-likeness (QED) is 0.431. The molecule has 9 heteroatoms. The van der Waals surface area contributed by atoms with E-state index in [-0.39, 0.29) is 17.6 Å². The molecule has 1 aliphatic heterocycles. The highest BCUT2D eigenvalue weighted by Crippen LogP contribution is 2.27. The molecule has 2 atom stereocenters. The summed E-state index contributed by atoms with van der Waals surface area (Å²) < 4.78 is 8.19. The molecule has 0 spiro atoms. The van der Waals surface area contributed by atoms with Crippen molar-refractivity contribution in [1.82, 2.24) is 24.8 Å². The summed E-state index contributed by atoms with van der Waals surface area (Å²) in [6, 6.07) is 7.31. The number of carbonyl (C=O) groups is 1. The Morgan fingerprint density at radius 2 is 2.14 bits per heavy atom. The fourth-order valence-corrected chi connectivity index (χ4v) is 4.58. The third kappa shape index (κ3) is 5.98. The van der Waals surface area contributed by atoms with E-state index in [1.807, 2.05) is 38.1 Å². The number of rotatable bonds is 9. The number of hydrogen-bond donors (Lipinski definition) is 3. The lowest BCUT2D eigenvalue weighted by Gasteiger charge is -2.30. The van der Waals surface area contributed by atoms with Crippen LogP contribution in [0.25, 0.3) is 22.4 Å². The Labute approximate surface area is 205 Å². The summed E-state index contributed by atoms with van der Waals surface area (Å²) in [6.45, 7) is 9.34. The van der Waals surface area contributed by atoms with E-state index in [0.717, 1.165) is 41.1 Å². The molecular formula is C26H35N5O4. The Kier molecular flexibility index (Phi) is 7.69. The molecule has 1 fully saturated rings. The van der Waals surface area contributed by atoms with Gasteiger partial charge in [0.1, 0.15) is 11.9 Å². The van der Waals surface area contributed by atoms with Gasteiger partial charge in [-0.25, -0.2) is 4.98 Å². The Morgan fingerprint density at radius 3 is 2.83 bits per heavy atom. The topological polar surface area (TPSA) is 112 Å². The lowest BCUT2D eigenvalue weighted by atomic mass is 10.0. The number of morpholine rings is 1. The van der Waals surface area contributed by atoms with Gasteiger partial charge < -0.3 is 29.6 Å². The predicted octanol–water partition coefficient (Wildman–Crippen LogP) is 2.62. The molecule has 0 bridgehead atoms. The first-order chi connectivity index (χ1) is 16.7. The summed E-state index contributed by atoms with van der Waals surface area (Å²) in [5, 5.41) is 12.7. The molecule has 0 radical (unpaired) electrons. The Morgan fingerprint density at radius 1 is 1.34 bits per heavy atom. The number of fused-ring (bicyclic) bond motifs is 1. The molecule has 1 aliphatic rings. The van der Waals surface area contributed by atoms with Gasteiger partial charge in [-0.05, 0) is 50.1 Å². The van der Waals surface area contributed by atoms with Crippen LogP contribution in [0.2, 0.25) is 0 Å². The second kappa shape index (κ2) is 10.7. The van der Waals surface area contributed by atoms with Crippen LogP contribution in [-0.2, 0) is 22.6 Å². The minimum Gasteiger partial charge on any atom is -0.480 e. The third-order valence-corrected chi connectivity index (χ3v) is 6.45. The van der Waals surface area contributed by atoms with Crippen LogP contribution in [0.4, 0.5) is 0 Å². The van der Waals surface area contributed by atoms with E-state index in [0.29, 0.717) is 31.7 Å². The van der Waals surface area contributed by atoms with Crippen LogP contribution in [-0.4, -0.2) is 69.4 Å². The van der Waals surface area contributed by atoms with Crippen LogP contribution < -0.4 is 10.9 Å². The predicted molar refractivity (Wildman–Crippen MR) is 135 cm³/mol. The first-order valence-electron chi connectivity index (χ1n) is 12.2. The lowest BCUT2D eigenvalue weighted by Crippen LogP contribution is -2.42. The number of nitrogens with zero attached hydrogens (tertiary/aromatic N) is 3. The molecule has 2 aromatic heterocycles. The van der Waals surface area contributed by atoms with Crippen molar-refractivity contribution in [2.45, 2.75) is 52.4 Å². The summed E-state index contributed by atoms with van der Waals surface area (Å²) in [7, 11) is 2.09. The van der Waals surface area contributed by atoms with Crippen molar-refractivity contribution in [3.8, 4) is 11.4 Å². The van der Waals surface area contributed by atoms with Crippen molar-refractivity contribution in [2.24, 2.45) is 5.92 Å². The third-order valence-electron chi connectivity index (χ3n) is 6.45. The number of aromatic nitrogens is 3. The van der Waals surface area contributed by atoms with Gasteiger partial charge >= 0.3 is 5.97 Å². The van der Waals surface area contributed by atoms with Gasteiger partial charge in [0.05, 0.1) is 30.3 Å². The van der Waals surface area contributed by atoms with Gasteiger partial charge in [0.15, 0.2) is 0 Å². The molecule has 1 saturated heterocycles. The lowest BCUT2D eigenvalue weighted by molar-refractivity contribution is -0.140. The maximum absolute atomic E-state index is 11.9. The Hall–Kier alpha value is -3.01. The average molecular weight is 482 g/mol. The number of nitrogens with one attached hydrogen (secondary N) is 2. The molecule has 188 valence electrons. The molecule has 1 aromatic carbocycles. The van der Waals surface area contributed by atoms with Gasteiger partial charge in [-0.2, -0.15) is 0 Å². The first-order valence-corrected chi connectivity index (χ1v) is 12.2. The zero-order chi connectivity index (χ0) is 25.1. The number of carboxylic acid groups (broad SMARTS) is 1. The zero-order valence-corrected chi connectivity index (χ0v) is 20.9. The smallest absolute Gasteiger partial charge is 0.320 e. The van der Waals surface area contributed by atoms with Crippen molar-refractivity contribution in [1.29, 1.82) is 0 Å². The second-order valence-electron chi connectivity index (χ2n) is 9.93. The molecule has 3 heterocycles. The van der Waals surface area contributed by atoms with E-state index in [1.165, 1.54) is 0 Å². The molecule has 9 nitrogen and oxygen atoms in total. The van der Waals surface area contributed by atoms with Crippen molar-refractivity contribution in [3.63, 3.8) is 0 Å². The number of H-pyrrole nitrogens is 1. The number of benzene rings is 1. The van der Waals surface area contributed by atoms with E-state index in [9.17, 15) is 14.7 Å². The van der Waals surface area contributed by atoms with Crippen LogP contribution in [0.15, 0.2) is 35.3 Å².